The summed E-state index contributed by atoms with van der Waals surface area (Å²) < 4.78 is 17.5. The second-order valence-electron chi connectivity index (χ2n) is 6.79. The Balaban J connectivity index is 1.53. The molecule has 172 valence electrons. The van der Waals surface area contributed by atoms with E-state index in [1.807, 2.05) is 0 Å². The van der Waals surface area contributed by atoms with Crippen LogP contribution in [0.4, 0.5) is 5.82 Å². The first kappa shape index (κ1) is 23.3. The molecule has 0 bridgehead atoms. The number of hydrazone groups is 1. The summed E-state index contributed by atoms with van der Waals surface area (Å²) in [5, 5.41) is 15.0. The highest BCUT2D eigenvalue weighted by atomic mass is 16.6. The molecular weight excluding hydrogens is 430 g/mol. The maximum Gasteiger partial charge on any atom is 0.342 e. The molecule has 11 nitrogen and oxygen atoms in total. The molecule has 0 unspecified atom stereocenters. The number of aryl methyl sites for hydroxylation is 1. The van der Waals surface area contributed by atoms with Crippen LogP contribution >= 0.6 is 0 Å². The molecule has 11 heteroatoms. The van der Waals surface area contributed by atoms with Gasteiger partial charge in [-0.05, 0) is 46.9 Å². The number of benzene rings is 2. The molecule has 1 amide bonds. The quantitative estimate of drug-likeness (QED) is 0.284. The molecular formula is C22H23N5O6. The molecule has 0 radical (unpaired) electrons. The van der Waals surface area contributed by atoms with Crippen LogP contribution in [0, 0.1) is 17.0 Å². The Morgan fingerprint density at radius 1 is 1.15 bits per heavy atom. The van der Waals surface area contributed by atoms with Crippen LogP contribution in [0.1, 0.15) is 21.7 Å². The topological polar surface area (TPSA) is 130 Å². The fourth-order valence-electron chi connectivity index (χ4n) is 2.95. The second-order valence-corrected chi connectivity index (χ2v) is 6.79. The van der Waals surface area contributed by atoms with Crippen molar-refractivity contribution in [3.05, 3.63) is 75.7 Å². The van der Waals surface area contributed by atoms with E-state index in [1.54, 1.807) is 49.4 Å². The molecule has 33 heavy (non-hydrogen) atoms. The minimum absolute atomic E-state index is 0.0721. The van der Waals surface area contributed by atoms with E-state index in [0.29, 0.717) is 35.2 Å². The van der Waals surface area contributed by atoms with E-state index in [1.165, 1.54) is 31.2 Å². The Labute approximate surface area is 189 Å². The number of amides is 1. The summed E-state index contributed by atoms with van der Waals surface area (Å²) >= 11 is 0. The van der Waals surface area contributed by atoms with Gasteiger partial charge in [0.2, 0.25) is 0 Å². The number of carbonyl (C=O) groups is 1. The lowest BCUT2D eigenvalue weighted by atomic mass is 10.2. The molecule has 3 rings (SSSR count). The van der Waals surface area contributed by atoms with E-state index < -0.39 is 10.8 Å². The molecule has 1 aromatic heterocycles. The molecule has 0 fully saturated rings. The molecule has 3 aromatic rings. The Morgan fingerprint density at radius 2 is 1.82 bits per heavy atom. The van der Waals surface area contributed by atoms with Gasteiger partial charge in [0.1, 0.15) is 36.6 Å². The maximum absolute atomic E-state index is 12.3. The van der Waals surface area contributed by atoms with Gasteiger partial charge in [0, 0.05) is 18.6 Å². The number of nitrogens with one attached hydrogen (secondary N) is 1. The zero-order valence-corrected chi connectivity index (χ0v) is 18.3. The van der Waals surface area contributed by atoms with Crippen molar-refractivity contribution in [2.24, 2.45) is 5.10 Å². The number of ether oxygens (including phenoxy) is 3. The van der Waals surface area contributed by atoms with Crippen LogP contribution in [0.25, 0.3) is 0 Å². The highest BCUT2D eigenvalue weighted by molar-refractivity contribution is 5.95. The van der Waals surface area contributed by atoms with E-state index in [9.17, 15) is 14.9 Å². The van der Waals surface area contributed by atoms with Crippen LogP contribution in [0.3, 0.4) is 0 Å². The van der Waals surface area contributed by atoms with E-state index >= 15 is 0 Å². The third-order valence-electron chi connectivity index (χ3n) is 4.68. The molecule has 1 heterocycles. The lowest BCUT2D eigenvalue weighted by Gasteiger charge is -2.07. The van der Waals surface area contributed by atoms with Gasteiger partial charge in [0.05, 0.1) is 20.4 Å². The first-order chi connectivity index (χ1) is 15.9. The van der Waals surface area contributed by atoms with Crippen molar-refractivity contribution in [2.45, 2.75) is 13.5 Å². The lowest BCUT2D eigenvalue weighted by molar-refractivity contribution is -0.392. The number of hydrogen-bond donors (Lipinski definition) is 1. The standard InChI is InChI=1S/C22H23N5O6/c1-15-23-14-21(27(29)30)26(15)8-9-33-18-6-4-16(5-7-18)13-24-25-22(28)17-10-19(31-2)12-20(11-17)32-3/h4-7,10-14H,8-9H2,1-3H3,(H,25,28)/b24-13+. The maximum atomic E-state index is 12.3. The Bertz CT molecular complexity index is 1130. The van der Waals surface area contributed by atoms with E-state index in [0.717, 1.165) is 5.56 Å². The van der Waals surface area contributed by atoms with Crippen LogP contribution in [-0.4, -0.2) is 47.4 Å². The minimum Gasteiger partial charge on any atom is -0.497 e. The average Bonchev–Trinajstić information content (AvgIpc) is 3.20. The van der Waals surface area contributed by atoms with E-state index in [4.69, 9.17) is 14.2 Å². The van der Waals surface area contributed by atoms with E-state index in [-0.39, 0.29) is 12.4 Å². The molecule has 0 aliphatic rings. The summed E-state index contributed by atoms with van der Waals surface area (Å²) in [6, 6.07) is 11.9. The molecule has 0 atom stereocenters. The van der Waals surface area contributed by atoms with Gasteiger partial charge in [-0.1, -0.05) is 0 Å². The van der Waals surface area contributed by atoms with Gasteiger partial charge >= 0.3 is 5.82 Å². The Hall–Kier alpha value is -4.41. The number of methoxy groups -OCH3 is 2. The van der Waals surface area contributed by atoms with Crippen LogP contribution in [0.15, 0.2) is 53.8 Å². The van der Waals surface area contributed by atoms with Gasteiger partial charge in [-0.3, -0.25) is 4.79 Å². The van der Waals surface area contributed by atoms with Gasteiger partial charge in [-0.2, -0.15) is 5.10 Å². The van der Waals surface area contributed by atoms with Gasteiger partial charge in [-0.25, -0.2) is 15.0 Å². The first-order valence-electron chi connectivity index (χ1n) is 9.87. The Morgan fingerprint density at radius 3 is 2.42 bits per heavy atom. The number of nitro groups is 1. The second kappa shape index (κ2) is 10.8. The van der Waals surface area contributed by atoms with Crippen LogP contribution < -0.4 is 19.6 Å². The van der Waals surface area contributed by atoms with Gasteiger partial charge < -0.3 is 24.3 Å². The van der Waals surface area contributed by atoms with Crippen molar-refractivity contribution in [1.82, 2.24) is 15.0 Å². The lowest BCUT2D eigenvalue weighted by Crippen LogP contribution is -2.17. The molecule has 0 aliphatic carbocycles. The number of nitrogens with zero attached hydrogens (tertiary/aromatic N) is 4. The summed E-state index contributed by atoms with van der Waals surface area (Å²) in [5.74, 6) is 1.66. The predicted octanol–water partition coefficient (Wildman–Crippen LogP) is 2.96. The van der Waals surface area contributed by atoms with Crippen molar-refractivity contribution in [2.75, 3.05) is 20.8 Å². The average molecular weight is 453 g/mol. The van der Waals surface area contributed by atoms with Crippen LogP contribution in [0.2, 0.25) is 0 Å². The summed E-state index contributed by atoms with van der Waals surface area (Å²) in [7, 11) is 3.01. The third-order valence-corrected chi connectivity index (χ3v) is 4.68. The molecule has 0 saturated carbocycles. The summed E-state index contributed by atoms with van der Waals surface area (Å²) in [4.78, 5) is 26.8. The molecule has 2 aromatic carbocycles. The highest BCUT2D eigenvalue weighted by Crippen LogP contribution is 2.22. The van der Waals surface area contributed by atoms with Gasteiger partial charge in [-0.15, -0.1) is 0 Å². The molecule has 1 N–H and O–H groups in total. The highest BCUT2D eigenvalue weighted by Gasteiger charge is 2.17. The fourth-order valence-corrected chi connectivity index (χ4v) is 2.95. The van der Waals surface area contributed by atoms with Crippen LogP contribution in [-0.2, 0) is 6.54 Å². The minimum atomic E-state index is -0.475. The van der Waals surface area contributed by atoms with Crippen molar-refractivity contribution in [1.29, 1.82) is 0 Å². The van der Waals surface area contributed by atoms with Crippen molar-refractivity contribution >= 4 is 17.9 Å². The zero-order chi connectivity index (χ0) is 23.8. The number of aromatic nitrogens is 2. The van der Waals surface area contributed by atoms with Gasteiger partial charge in [0.25, 0.3) is 5.91 Å². The number of rotatable bonds is 10. The van der Waals surface area contributed by atoms with Gasteiger partial charge in [0.15, 0.2) is 5.82 Å². The fraction of sp³-hybridized carbons (Fsp3) is 0.227. The molecule has 0 spiro atoms. The SMILES string of the molecule is COc1cc(OC)cc(C(=O)N/N=C/c2ccc(OCCn3c([N+](=O)[O-])cnc3C)cc2)c1. The Kier molecular flexibility index (Phi) is 7.58. The summed E-state index contributed by atoms with van der Waals surface area (Å²) in [5.41, 5.74) is 3.55. The molecule has 0 saturated heterocycles. The third kappa shape index (κ3) is 6.06. The predicted molar refractivity (Wildman–Crippen MR) is 120 cm³/mol. The number of carbonyl (C=O) groups excluding carboxylic acids is 1. The smallest absolute Gasteiger partial charge is 0.342 e. The van der Waals surface area contributed by atoms with E-state index in [2.05, 4.69) is 15.5 Å². The zero-order valence-electron chi connectivity index (χ0n) is 18.3. The van der Waals surface area contributed by atoms with Crippen LogP contribution in [0.5, 0.6) is 17.2 Å². The van der Waals surface area contributed by atoms with Crippen molar-refractivity contribution in [3.8, 4) is 17.2 Å². The summed E-state index contributed by atoms with van der Waals surface area (Å²) in [6.07, 6.45) is 2.73. The summed E-state index contributed by atoms with van der Waals surface area (Å²) in [6.45, 7) is 2.24. The number of imidazole rings is 1. The molecule has 0 aliphatic heterocycles. The largest absolute Gasteiger partial charge is 0.497 e. The number of hydrogen-bond acceptors (Lipinski definition) is 8. The normalized spacial score (nSPS) is 10.8. The van der Waals surface area contributed by atoms with Crippen molar-refractivity contribution in [3.63, 3.8) is 0 Å². The first-order valence-corrected chi connectivity index (χ1v) is 9.87. The monoisotopic (exact) mass is 453 g/mol. The van der Waals surface area contributed by atoms with Crippen molar-refractivity contribution < 1.29 is 23.9 Å².